The molecular formula is C22H22FN5O. The molecule has 3 aromatic rings. The van der Waals surface area contributed by atoms with Crippen LogP contribution in [0.2, 0.25) is 0 Å². The number of fused-ring (bicyclic) bond motifs is 1. The molecule has 148 valence electrons. The van der Waals surface area contributed by atoms with Gasteiger partial charge in [0.1, 0.15) is 36.3 Å². The highest BCUT2D eigenvalue weighted by Gasteiger charge is 2.32. The van der Waals surface area contributed by atoms with Gasteiger partial charge in [-0.1, -0.05) is 42.8 Å². The third-order valence-corrected chi connectivity index (χ3v) is 5.56. The van der Waals surface area contributed by atoms with Crippen LogP contribution in [0, 0.1) is 5.82 Å². The fraction of sp³-hybridized carbons (Fsp3) is 0.273. The molecule has 0 radical (unpaired) electrons. The lowest BCUT2D eigenvalue weighted by molar-refractivity contribution is 0.290. The Hall–Kier alpha value is -3.19. The lowest BCUT2D eigenvalue weighted by Crippen LogP contribution is -2.34. The fourth-order valence-corrected chi connectivity index (χ4v) is 3.76. The van der Waals surface area contributed by atoms with Gasteiger partial charge in [0.15, 0.2) is 11.6 Å². The van der Waals surface area contributed by atoms with Crippen LogP contribution in [0.1, 0.15) is 48.4 Å². The molecule has 3 N–H and O–H groups in total. The normalized spacial score (nSPS) is 18.1. The molecule has 0 bridgehead atoms. The number of hydrogen-bond acceptors (Lipinski definition) is 5. The summed E-state index contributed by atoms with van der Waals surface area (Å²) in [6, 6.07) is 14.8. The molecule has 2 heterocycles. The van der Waals surface area contributed by atoms with Gasteiger partial charge in [0.2, 0.25) is 0 Å². The second-order valence-electron chi connectivity index (χ2n) is 7.42. The monoisotopic (exact) mass is 391 g/mol. The maximum atomic E-state index is 15.4. The van der Waals surface area contributed by atoms with Gasteiger partial charge in [0, 0.05) is 11.5 Å². The third-order valence-electron chi connectivity index (χ3n) is 5.56. The van der Waals surface area contributed by atoms with Crippen LogP contribution < -0.4 is 15.8 Å². The van der Waals surface area contributed by atoms with E-state index in [1.165, 1.54) is 6.42 Å². The maximum absolute atomic E-state index is 15.4. The highest BCUT2D eigenvalue weighted by atomic mass is 19.1. The Morgan fingerprint density at radius 3 is 2.72 bits per heavy atom. The lowest BCUT2D eigenvalue weighted by Gasteiger charge is -2.26. The smallest absolute Gasteiger partial charge is 0.174 e. The molecule has 1 aliphatic heterocycles. The van der Waals surface area contributed by atoms with Crippen molar-refractivity contribution in [2.75, 3.05) is 0 Å². The van der Waals surface area contributed by atoms with Crippen molar-refractivity contribution in [2.24, 2.45) is 10.8 Å². The van der Waals surface area contributed by atoms with E-state index in [-0.39, 0.29) is 5.75 Å². The van der Waals surface area contributed by atoms with Crippen LogP contribution in [0.25, 0.3) is 11.3 Å². The summed E-state index contributed by atoms with van der Waals surface area (Å²) in [5, 5.41) is 7.39. The molecule has 0 saturated heterocycles. The minimum atomic E-state index is -0.503. The average Bonchev–Trinajstić information content (AvgIpc) is 3.07. The van der Waals surface area contributed by atoms with Gasteiger partial charge in [-0.3, -0.25) is 0 Å². The van der Waals surface area contributed by atoms with E-state index in [9.17, 15) is 0 Å². The molecule has 1 aliphatic carbocycles. The molecule has 1 fully saturated rings. The van der Waals surface area contributed by atoms with Crippen molar-refractivity contribution in [3.63, 3.8) is 0 Å². The van der Waals surface area contributed by atoms with Gasteiger partial charge in [-0.2, -0.15) is 5.10 Å². The maximum Gasteiger partial charge on any atom is 0.174 e. The van der Waals surface area contributed by atoms with E-state index < -0.39 is 12.0 Å². The summed E-state index contributed by atoms with van der Waals surface area (Å²) in [4.78, 5) is 4.79. The predicted molar refractivity (Wildman–Crippen MR) is 109 cm³/mol. The minimum absolute atomic E-state index is 0.194. The average molecular weight is 391 g/mol. The van der Waals surface area contributed by atoms with E-state index >= 15 is 4.39 Å². The Balaban J connectivity index is 1.53. The van der Waals surface area contributed by atoms with Crippen LogP contribution >= 0.6 is 0 Å². The molecule has 1 unspecified atom stereocenters. The zero-order chi connectivity index (χ0) is 19.8. The molecule has 1 aromatic heterocycles. The number of hydrogen-bond donors (Lipinski definition) is 2. The molecule has 0 amide bonds. The van der Waals surface area contributed by atoms with Crippen molar-refractivity contribution < 1.29 is 9.13 Å². The first-order valence-corrected chi connectivity index (χ1v) is 9.85. The van der Waals surface area contributed by atoms with Crippen molar-refractivity contribution in [3.05, 3.63) is 71.4 Å². The lowest BCUT2D eigenvalue weighted by atomic mass is 9.85. The van der Waals surface area contributed by atoms with Crippen LogP contribution in [-0.4, -0.2) is 16.0 Å². The van der Waals surface area contributed by atoms with Gasteiger partial charge in [-0.25, -0.2) is 14.1 Å². The Kier molecular flexibility index (Phi) is 4.52. The second kappa shape index (κ2) is 7.33. The number of nitrogens with two attached hydrogens (primary N) is 1. The van der Waals surface area contributed by atoms with E-state index in [1.807, 2.05) is 30.3 Å². The summed E-state index contributed by atoms with van der Waals surface area (Å²) in [7, 11) is 0. The Bertz CT molecular complexity index is 1060. The quantitative estimate of drug-likeness (QED) is 0.692. The number of halogens is 1. The van der Waals surface area contributed by atoms with Crippen molar-refractivity contribution >= 4 is 6.34 Å². The van der Waals surface area contributed by atoms with Gasteiger partial charge in [-0.05, 0) is 30.5 Å². The molecule has 6 nitrogen and oxygen atoms in total. The number of nitrogens with one attached hydrogen (secondary N) is 1. The van der Waals surface area contributed by atoms with Crippen molar-refractivity contribution in [2.45, 2.75) is 38.0 Å². The Labute approximate surface area is 168 Å². The van der Waals surface area contributed by atoms with E-state index in [1.54, 1.807) is 29.2 Å². The van der Waals surface area contributed by atoms with E-state index in [4.69, 9.17) is 15.5 Å². The highest BCUT2D eigenvalue weighted by molar-refractivity contribution is 5.68. The summed E-state index contributed by atoms with van der Waals surface area (Å²) in [6.45, 7) is 0.293. The molecule has 5 rings (SSSR count). The number of nitrogens with zero attached hydrogens (tertiary/aromatic N) is 3. The van der Waals surface area contributed by atoms with Crippen molar-refractivity contribution in [1.29, 1.82) is 0 Å². The standard InChI is InChI=1S/C22H22FN5O/c23-18-16(10-5-11-17(18)29-12-14-6-2-1-3-7-14)19-20-21(24)25-13-26-28(20)22(27-19)15-8-4-9-15/h1-3,5-7,10-11,13,15,21H,4,8-9,12,24H2,(H,25,26). The van der Waals surface area contributed by atoms with Gasteiger partial charge < -0.3 is 15.8 Å². The van der Waals surface area contributed by atoms with Crippen LogP contribution in [0.4, 0.5) is 4.39 Å². The van der Waals surface area contributed by atoms with Crippen LogP contribution in [0.3, 0.4) is 0 Å². The summed E-state index contributed by atoms with van der Waals surface area (Å²) < 4.78 is 22.9. The van der Waals surface area contributed by atoms with Gasteiger partial charge in [-0.15, -0.1) is 0 Å². The fourth-order valence-electron chi connectivity index (χ4n) is 3.76. The zero-order valence-corrected chi connectivity index (χ0v) is 15.9. The number of ether oxygens (including phenoxy) is 1. The van der Waals surface area contributed by atoms with Crippen molar-refractivity contribution in [3.8, 4) is 17.0 Å². The Morgan fingerprint density at radius 1 is 1.14 bits per heavy atom. The van der Waals surface area contributed by atoms with E-state index in [0.717, 1.165) is 24.2 Å². The molecule has 29 heavy (non-hydrogen) atoms. The minimum Gasteiger partial charge on any atom is -0.486 e. The molecule has 2 aliphatic rings. The predicted octanol–water partition coefficient (Wildman–Crippen LogP) is 3.89. The van der Waals surface area contributed by atoms with Crippen LogP contribution in [0.15, 0.2) is 53.6 Å². The molecule has 7 heteroatoms. The summed E-state index contributed by atoms with van der Waals surface area (Å²) in [5.41, 5.74) is 8.81. The zero-order valence-electron chi connectivity index (χ0n) is 15.9. The van der Waals surface area contributed by atoms with Gasteiger partial charge in [0.25, 0.3) is 0 Å². The topological polar surface area (TPSA) is 77.5 Å². The first-order valence-electron chi connectivity index (χ1n) is 9.85. The van der Waals surface area contributed by atoms with Crippen LogP contribution in [0.5, 0.6) is 5.75 Å². The summed E-state index contributed by atoms with van der Waals surface area (Å²) >= 11 is 0. The van der Waals surface area contributed by atoms with Gasteiger partial charge >= 0.3 is 0 Å². The molecule has 2 aromatic carbocycles. The molecule has 1 atom stereocenters. The number of imidazole rings is 1. The number of aromatic nitrogens is 2. The first kappa shape index (κ1) is 17.9. The molecule has 1 saturated carbocycles. The van der Waals surface area contributed by atoms with E-state index in [2.05, 4.69) is 10.4 Å². The van der Waals surface area contributed by atoms with E-state index in [0.29, 0.717) is 29.5 Å². The number of benzene rings is 2. The Morgan fingerprint density at radius 2 is 1.97 bits per heavy atom. The number of rotatable bonds is 5. The molecular weight excluding hydrogens is 369 g/mol. The summed E-state index contributed by atoms with van der Waals surface area (Å²) in [5.74, 6) is 0.945. The SMILES string of the molecule is NC1NC=Nn2c(C3CCC3)nc(-c3cccc(OCc4ccccc4)c3F)c21. The largest absolute Gasteiger partial charge is 0.486 e. The van der Waals surface area contributed by atoms with Gasteiger partial charge in [0.05, 0.1) is 0 Å². The summed E-state index contributed by atoms with van der Waals surface area (Å²) in [6.07, 6.45) is 4.37. The van der Waals surface area contributed by atoms with Crippen molar-refractivity contribution in [1.82, 2.24) is 15.0 Å². The molecule has 0 spiro atoms. The first-order chi connectivity index (χ1) is 14.2. The highest BCUT2D eigenvalue weighted by Crippen LogP contribution is 2.41. The third kappa shape index (κ3) is 3.17. The second-order valence-corrected chi connectivity index (χ2v) is 7.42. The van der Waals surface area contributed by atoms with Crippen LogP contribution in [-0.2, 0) is 6.61 Å².